The first-order valence-electron chi connectivity index (χ1n) is 5.82. The molecule has 4 nitrogen and oxygen atoms in total. The van der Waals surface area contributed by atoms with Crippen molar-refractivity contribution in [2.45, 2.75) is 51.5 Å². The average Bonchev–Trinajstić information content (AvgIpc) is 2.27. The molecule has 0 unspecified atom stereocenters. The Morgan fingerprint density at radius 3 is 2.40 bits per heavy atom. The zero-order chi connectivity index (χ0) is 11.1. The lowest BCUT2D eigenvalue weighted by Gasteiger charge is -2.22. The van der Waals surface area contributed by atoms with E-state index in [9.17, 15) is 9.59 Å². The summed E-state index contributed by atoms with van der Waals surface area (Å²) in [4.78, 5) is 22.6. The van der Waals surface area contributed by atoms with E-state index in [0.29, 0.717) is 6.54 Å². The van der Waals surface area contributed by atoms with Crippen LogP contribution in [-0.4, -0.2) is 24.4 Å². The Labute approximate surface area is 90.8 Å². The fraction of sp³-hybridized carbons (Fsp3) is 0.818. The lowest BCUT2D eigenvalue weighted by atomic mass is 9.95. The van der Waals surface area contributed by atoms with Crippen LogP contribution in [0.15, 0.2) is 0 Å². The Morgan fingerprint density at radius 1 is 1.13 bits per heavy atom. The van der Waals surface area contributed by atoms with Gasteiger partial charge in [0.05, 0.1) is 0 Å². The minimum absolute atomic E-state index is 0.207. The zero-order valence-corrected chi connectivity index (χ0v) is 9.34. The molecule has 2 amide bonds. The lowest BCUT2D eigenvalue weighted by molar-refractivity contribution is -0.139. The van der Waals surface area contributed by atoms with Gasteiger partial charge in [-0.15, -0.1) is 0 Å². The summed E-state index contributed by atoms with van der Waals surface area (Å²) in [6, 6.07) is 0.207. The maximum absolute atomic E-state index is 11.4. The number of hydrogen-bond donors (Lipinski definition) is 2. The molecule has 4 heteroatoms. The van der Waals surface area contributed by atoms with Gasteiger partial charge in [-0.05, 0) is 19.3 Å². The number of carbonyl (C=O) groups is 2. The number of carbonyl (C=O) groups excluding carboxylic acids is 2. The van der Waals surface area contributed by atoms with Crippen LogP contribution in [0.1, 0.15) is 45.4 Å². The second kappa shape index (κ2) is 6.43. The third-order valence-corrected chi connectivity index (χ3v) is 2.68. The monoisotopic (exact) mass is 212 g/mol. The molecule has 15 heavy (non-hydrogen) atoms. The largest absolute Gasteiger partial charge is 0.348 e. The number of rotatable bonds is 3. The molecule has 0 spiro atoms. The molecule has 1 aliphatic carbocycles. The number of nitrogens with one attached hydrogen (secondary N) is 2. The first-order chi connectivity index (χ1) is 7.24. The lowest BCUT2D eigenvalue weighted by Crippen LogP contribution is -2.45. The summed E-state index contributed by atoms with van der Waals surface area (Å²) in [6.45, 7) is 2.52. The van der Waals surface area contributed by atoms with Gasteiger partial charge >= 0.3 is 11.8 Å². The van der Waals surface area contributed by atoms with Gasteiger partial charge in [-0.1, -0.05) is 26.2 Å². The molecule has 0 heterocycles. The highest BCUT2D eigenvalue weighted by Crippen LogP contribution is 2.17. The molecule has 0 aliphatic heterocycles. The molecule has 1 aliphatic rings. The van der Waals surface area contributed by atoms with Crippen LogP contribution in [0.25, 0.3) is 0 Å². The molecular weight excluding hydrogens is 192 g/mol. The summed E-state index contributed by atoms with van der Waals surface area (Å²) in [6.07, 6.45) is 6.42. The number of hydrogen-bond acceptors (Lipinski definition) is 2. The van der Waals surface area contributed by atoms with Crippen molar-refractivity contribution in [3.05, 3.63) is 0 Å². The predicted molar refractivity (Wildman–Crippen MR) is 58.3 cm³/mol. The first kappa shape index (κ1) is 12.0. The molecule has 1 fully saturated rings. The summed E-state index contributed by atoms with van der Waals surface area (Å²) in [7, 11) is 0. The number of amides is 2. The van der Waals surface area contributed by atoms with Gasteiger partial charge in [0.25, 0.3) is 0 Å². The highest BCUT2D eigenvalue weighted by atomic mass is 16.2. The van der Waals surface area contributed by atoms with E-state index in [1.54, 1.807) is 0 Å². The van der Waals surface area contributed by atoms with E-state index >= 15 is 0 Å². The summed E-state index contributed by atoms with van der Waals surface area (Å²) in [5.74, 6) is -0.974. The standard InChI is InChI=1S/C11H20N2O2/c1-2-8-12-10(14)11(15)13-9-6-4-3-5-7-9/h9H,2-8H2,1H3,(H,12,14)(H,13,15). The highest BCUT2D eigenvalue weighted by Gasteiger charge is 2.19. The first-order valence-corrected chi connectivity index (χ1v) is 5.82. The van der Waals surface area contributed by atoms with Crippen LogP contribution < -0.4 is 10.6 Å². The van der Waals surface area contributed by atoms with Crippen molar-refractivity contribution in [3.8, 4) is 0 Å². The second-order valence-electron chi connectivity index (χ2n) is 4.06. The maximum atomic E-state index is 11.4. The highest BCUT2D eigenvalue weighted by molar-refractivity contribution is 6.35. The van der Waals surface area contributed by atoms with Gasteiger partial charge in [0.1, 0.15) is 0 Å². The molecule has 0 saturated heterocycles. The molecule has 86 valence electrons. The summed E-state index contributed by atoms with van der Waals surface area (Å²) >= 11 is 0. The third-order valence-electron chi connectivity index (χ3n) is 2.68. The van der Waals surface area contributed by atoms with E-state index in [0.717, 1.165) is 32.1 Å². The second-order valence-corrected chi connectivity index (χ2v) is 4.06. The van der Waals surface area contributed by atoms with Crippen molar-refractivity contribution in [2.24, 2.45) is 0 Å². The maximum Gasteiger partial charge on any atom is 0.309 e. The molecule has 0 radical (unpaired) electrons. The molecule has 1 rings (SSSR count). The summed E-state index contributed by atoms with van der Waals surface area (Å²) in [5.41, 5.74) is 0. The fourth-order valence-electron chi connectivity index (χ4n) is 1.82. The van der Waals surface area contributed by atoms with Crippen LogP contribution in [0.5, 0.6) is 0 Å². The van der Waals surface area contributed by atoms with E-state index in [4.69, 9.17) is 0 Å². The van der Waals surface area contributed by atoms with Crippen LogP contribution in [0, 0.1) is 0 Å². The molecule has 0 aromatic rings. The van der Waals surface area contributed by atoms with Crippen molar-refractivity contribution in [3.63, 3.8) is 0 Å². The van der Waals surface area contributed by atoms with E-state index in [-0.39, 0.29) is 6.04 Å². The van der Waals surface area contributed by atoms with Gasteiger partial charge in [-0.2, -0.15) is 0 Å². The van der Waals surface area contributed by atoms with Gasteiger partial charge < -0.3 is 10.6 Å². The molecule has 2 N–H and O–H groups in total. The SMILES string of the molecule is CCCNC(=O)C(=O)NC1CCCCC1. The Morgan fingerprint density at radius 2 is 1.80 bits per heavy atom. The van der Waals surface area contributed by atoms with Gasteiger partial charge in [0, 0.05) is 12.6 Å². The quantitative estimate of drug-likeness (QED) is 0.685. The molecule has 0 aromatic carbocycles. The van der Waals surface area contributed by atoms with Gasteiger partial charge in [-0.3, -0.25) is 9.59 Å². The normalized spacial score (nSPS) is 17.1. The van der Waals surface area contributed by atoms with E-state index < -0.39 is 11.8 Å². The molecule has 0 atom stereocenters. The average molecular weight is 212 g/mol. The molecule has 0 bridgehead atoms. The van der Waals surface area contributed by atoms with Crippen LogP contribution in [0.4, 0.5) is 0 Å². The van der Waals surface area contributed by atoms with Gasteiger partial charge in [-0.25, -0.2) is 0 Å². The minimum atomic E-state index is -0.498. The fourth-order valence-corrected chi connectivity index (χ4v) is 1.82. The van der Waals surface area contributed by atoms with Crippen LogP contribution in [-0.2, 0) is 9.59 Å². The molecule has 1 saturated carbocycles. The topological polar surface area (TPSA) is 58.2 Å². The van der Waals surface area contributed by atoms with Crippen molar-refractivity contribution in [2.75, 3.05) is 6.54 Å². The molecular formula is C11H20N2O2. The van der Waals surface area contributed by atoms with E-state index in [2.05, 4.69) is 10.6 Å². The Balaban J connectivity index is 2.24. The Hall–Kier alpha value is -1.06. The molecule has 0 aromatic heterocycles. The van der Waals surface area contributed by atoms with Gasteiger partial charge in [0.2, 0.25) is 0 Å². The Bertz CT molecular complexity index is 223. The summed E-state index contributed by atoms with van der Waals surface area (Å²) < 4.78 is 0. The summed E-state index contributed by atoms with van der Waals surface area (Å²) in [5, 5.41) is 5.35. The van der Waals surface area contributed by atoms with Crippen LogP contribution in [0.3, 0.4) is 0 Å². The van der Waals surface area contributed by atoms with Crippen LogP contribution in [0.2, 0.25) is 0 Å². The van der Waals surface area contributed by atoms with Crippen molar-refractivity contribution < 1.29 is 9.59 Å². The zero-order valence-electron chi connectivity index (χ0n) is 9.34. The Kier molecular flexibility index (Phi) is 5.15. The van der Waals surface area contributed by atoms with Crippen molar-refractivity contribution >= 4 is 11.8 Å². The predicted octanol–water partition coefficient (Wildman–Crippen LogP) is 0.961. The smallest absolute Gasteiger partial charge is 0.309 e. The van der Waals surface area contributed by atoms with Gasteiger partial charge in [0.15, 0.2) is 0 Å². The van der Waals surface area contributed by atoms with Crippen molar-refractivity contribution in [1.82, 2.24) is 10.6 Å². The van der Waals surface area contributed by atoms with E-state index in [1.165, 1.54) is 6.42 Å². The minimum Gasteiger partial charge on any atom is -0.348 e. The third kappa shape index (κ3) is 4.32. The van der Waals surface area contributed by atoms with E-state index in [1.807, 2.05) is 6.92 Å². The van der Waals surface area contributed by atoms with Crippen LogP contribution >= 0.6 is 0 Å². The van der Waals surface area contributed by atoms with Crippen molar-refractivity contribution in [1.29, 1.82) is 0 Å².